The van der Waals surface area contributed by atoms with Crippen molar-refractivity contribution < 1.29 is 10.2 Å². The normalized spacial score (nSPS) is 8.57. The Morgan fingerprint density at radius 3 is 1.86 bits per heavy atom. The molecule has 0 aliphatic carbocycles. The smallest absolute Gasteiger partial charge is 0.316 e. The Bertz CT molecular complexity index is 30.9. The molecule has 0 unspecified atom stereocenters. The van der Waals surface area contributed by atoms with Gasteiger partial charge < -0.3 is 10.2 Å². The second kappa shape index (κ2) is 6.69. The fourth-order valence-electron chi connectivity index (χ4n) is 0.258. The fraction of sp³-hybridized carbons (Fsp3) is 1.00. The Hall–Kier alpha value is 0.686. The van der Waals surface area contributed by atoms with E-state index >= 15 is 0 Å². The molecule has 2 nitrogen and oxygen atoms in total. The molecule has 0 atom stereocenters. The van der Waals surface area contributed by atoms with Crippen molar-refractivity contribution in [3.05, 3.63) is 0 Å². The van der Waals surface area contributed by atoms with Gasteiger partial charge in [-0.15, -0.1) is 0 Å². The number of hydrogen-bond acceptors (Lipinski definition) is 2. The zero-order valence-corrected chi connectivity index (χ0v) is 3.89. The number of aliphatic hydroxyl groups is 2. The first-order valence-electron chi connectivity index (χ1n) is 2.13. The van der Waals surface area contributed by atoms with Crippen molar-refractivity contribution in [1.29, 1.82) is 0 Å². The largest absolute Gasteiger partial charge is 0.368 e. The molecule has 0 spiro atoms. The molecule has 0 saturated heterocycles. The molecule has 0 aromatic heterocycles. The summed E-state index contributed by atoms with van der Waals surface area (Å²) in [6.45, 7) is 1.90. The fourth-order valence-corrected chi connectivity index (χ4v) is 0.258. The highest BCUT2D eigenvalue weighted by Gasteiger charge is 1.89. The van der Waals surface area contributed by atoms with Crippen molar-refractivity contribution in [2.45, 2.75) is 26.1 Å². The third-order valence-electron chi connectivity index (χ3n) is 0.547. The molecule has 0 fully saturated rings. The van der Waals surface area contributed by atoms with Crippen molar-refractivity contribution in [3.8, 4) is 0 Å². The molecule has 0 radical (unpaired) electrons. The minimum absolute atomic E-state index is 0. The molecule has 0 saturated carbocycles. The maximum Gasteiger partial charge on any atom is 0.316 e. The van der Waals surface area contributed by atoms with Crippen LogP contribution in [0.5, 0.6) is 0 Å². The van der Waals surface area contributed by atoms with E-state index in [0.717, 1.165) is 6.42 Å². The molecule has 0 aromatic carbocycles. The summed E-state index contributed by atoms with van der Waals surface area (Å²) < 4.78 is 0. The summed E-state index contributed by atoms with van der Waals surface area (Å²) in [5, 5.41) is 16.2. The summed E-state index contributed by atoms with van der Waals surface area (Å²) in [5.74, 6) is 0. The molecule has 3 heteroatoms. The van der Waals surface area contributed by atoms with E-state index in [1.54, 1.807) is 0 Å². The molecule has 42 valence electrons. The lowest BCUT2D eigenvalue weighted by Gasteiger charge is -1.94. The van der Waals surface area contributed by atoms with Gasteiger partial charge in [-0.2, -0.15) is 0 Å². The van der Waals surface area contributed by atoms with Crippen LogP contribution < -0.4 is 0 Å². The highest BCUT2D eigenvalue weighted by atomic mass is 24.3. The van der Waals surface area contributed by atoms with Crippen molar-refractivity contribution in [2.24, 2.45) is 0 Å². The van der Waals surface area contributed by atoms with Gasteiger partial charge >= 0.3 is 23.1 Å². The molecule has 0 heterocycles. The third kappa shape index (κ3) is 10.8. The van der Waals surface area contributed by atoms with Crippen LogP contribution in [0.25, 0.3) is 0 Å². The van der Waals surface area contributed by atoms with Crippen molar-refractivity contribution in [1.82, 2.24) is 0 Å². The molecular weight excluding hydrogens is 104 g/mol. The number of aliphatic hydroxyl groups excluding tert-OH is 1. The molecule has 2 N–H and O–H groups in total. The topological polar surface area (TPSA) is 40.5 Å². The Morgan fingerprint density at radius 1 is 1.43 bits per heavy atom. The Kier molecular flexibility index (Phi) is 10.2. The maximum absolute atomic E-state index is 8.11. The highest BCUT2D eigenvalue weighted by Crippen LogP contribution is 1.88. The Labute approximate surface area is 59.7 Å². The van der Waals surface area contributed by atoms with E-state index in [-0.39, 0.29) is 23.1 Å². The minimum atomic E-state index is -1.10. The van der Waals surface area contributed by atoms with Gasteiger partial charge in [0, 0.05) is 0 Å². The molecule has 0 aliphatic rings. The molecule has 0 amide bonds. The van der Waals surface area contributed by atoms with E-state index in [1.165, 1.54) is 0 Å². The van der Waals surface area contributed by atoms with Crippen LogP contribution >= 0.6 is 0 Å². The summed E-state index contributed by atoms with van der Waals surface area (Å²) in [6.07, 6.45) is 0.215. The van der Waals surface area contributed by atoms with Crippen LogP contribution in [0.4, 0.5) is 0 Å². The predicted octanol–water partition coefficient (Wildman–Crippen LogP) is -0.819. The first kappa shape index (κ1) is 10.6. The number of rotatable bonds is 2. The van der Waals surface area contributed by atoms with Gasteiger partial charge in [0.15, 0.2) is 6.29 Å². The Morgan fingerprint density at radius 2 is 1.86 bits per heavy atom. The summed E-state index contributed by atoms with van der Waals surface area (Å²) in [5.41, 5.74) is 0. The average molecular weight is 116 g/mol. The first-order chi connectivity index (χ1) is 2.77. The van der Waals surface area contributed by atoms with E-state index in [0.29, 0.717) is 6.42 Å². The van der Waals surface area contributed by atoms with Gasteiger partial charge in [-0.1, -0.05) is 13.3 Å². The van der Waals surface area contributed by atoms with Gasteiger partial charge in [0.2, 0.25) is 0 Å². The van der Waals surface area contributed by atoms with E-state index in [1.807, 2.05) is 6.92 Å². The second-order valence-corrected chi connectivity index (χ2v) is 1.27. The van der Waals surface area contributed by atoms with E-state index < -0.39 is 6.29 Å². The van der Waals surface area contributed by atoms with Crippen LogP contribution in [-0.2, 0) is 0 Å². The van der Waals surface area contributed by atoms with Gasteiger partial charge in [-0.25, -0.2) is 0 Å². The average Bonchev–Trinajstić information content (AvgIpc) is 1.35. The lowest BCUT2D eigenvalue weighted by Crippen LogP contribution is -2.01. The van der Waals surface area contributed by atoms with Crippen LogP contribution in [-0.4, -0.2) is 39.6 Å². The van der Waals surface area contributed by atoms with E-state index in [2.05, 4.69) is 0 Å². The SMILES string of the molecule is CCCC(O)O.[MgH2]. The van der Waals surface area contributed by atoms with Crippen molar-refractivity contribution >= 4 is 23.1 Å². The lowest BCUT2D eigenvalue weighted by molar-refractivity contribution is -0.0453. The molecule has 0 rings (SSSR count). The molecule has 0 aromatic rings. The zero-order chi connectivity index (χ0) is 4.99. The van der Waals surface area contributed by atoms with Crippen LogP contribution in [0.15, 0.2) is 0 Å². The van der Waals surface area contributed by atoms with Crippen molar-refractivity contribution in [3.63, 3.8) is 0 Å². The summed E-state index contributed by atoms with van der Waals surface area (Å²) in [6, 6.07) is 0. The monoisotopic (exact) mass is 116 g/mol. The summed E-state index contributed by atoms with van der Waals surface area (Å²) in [7, 11) is 0. The van der Waals surface area contributed by atoms with Gasteiger partial charge in [0.1, 0.15) is 0 Å². The molecule has 7 heavy (non-hydrogen) atoms. The van der Waals surface area contributed by atoms with Crippen molar-refractivity contribution in [2.75, 3.05) is 0 Å². The minimum Gasteiger partial charge on any atom is -0.368 e. The predicted molar refractivity (Wildman–Crippen MR) is 31.7 cm³/mol. The van der Waals surface area contributed by atoms with Crippen LogP contribution in [0.3, 0.4) is 0 Å². The zero-order valence-electron chi connectivity index (χ0n) is 3.89. The van der Waals surface area contributed by atoms with Gasteiger partial charge in [-0.05, 0) is 6.42 Å². The highest BCUT2D eigenvalue weighted by molar-refractivity contribution is 5.75. The molecule has 0 bridgehead atoms. The first-order valence-corrected chi connectivity index (χ1v) is 2.13. The van der Waals surface area contributed by atoms with Crippen LogP contribution in [0.1, 0.15) is 19.8 Å². The maximum atomic E-state index is 8.11. The third-order valence-corrected chi connectivity index (χ3v) is 0.547. The van der Waals surface area contributed by atoms with E-state index in [4.69, 9.17) is 10.2 Å². The van der Waals surface area contributed by atoms with Crippen LogP contribution in [0.2, 0.25) is 0 Å². The standard InChI is InChI=1S/C4H10O2.Mg.2H/c1-2-3-4(5)6;;;/h4-6H,2-3H2,1H3;;;. The number of hydrogen-bond donors (Lipinski definition) is 2. The lowest BCUT2D eigenvalue weighted by atomic mass is 10.3. The van der Waals surface area contributed by atoms with Gasteiger partial charge in [-0.3, -0.25) is 0 Å². The van der Waals surface area contributed by atoms with Gasteiger partial charge in [0.05, 0.1) is 0 Å². The quantitative estimate of drug-likeness (QED) is 0.366. The van der Waals surface area contributed by atoms with E-state index in [9.17, 15) is 0 Å². The van der Waals surface area contributed by atoms with Gasteiger partial charge in [0.25, 0.3) is 0 Å². The second-order valence-electron chi connectivity index (χ2n) is 1.27. The molecular formula is C4H12MgO2. The Balaban J connectivity index is 0. The molecule has 0 aliphatic heterocycles. The summed E-state index contributed by atoms with van der Waals surface area (Å²) in [4.78, 5) is 0. The summed E-state index contributed by atoms with van der Waals surface area (Å²) >= 11 is 0. The van der Waals surface area contributed by atoms with Crippen LogP contribution in [0, 0.1) is 0 Å².